The molecular weight excluding hydrogens is 412 g/mol. The van der Waals surface area contributed by atoms with E-state index in [0.717, 1.165) is 16.8 Å². The minimum atomic E-state index is -3.14. The standard InChI is InChI=1S/C21H19ClN2O4S/c22-18-8-6-15(7-9-18)20-17(12-24(23-20)19-4-2-1-3-5-19)13-28-21(25)16-10-11-29(26,27)14-16/h1-9,12,16H,10-11,13-14H2/t16-/m1/s1. The molecule has 4 rings (SSSR count). The molecule has 2 heterocycles. The summed E-state index contributed by atoms with van der Waals surface area (Å²) in [6.07, 6.45) is 2.13. The van der Waals surface area contributed by atoms with E-state index >= 15 is 0 Å². The molecule has 0 aliphatic carbocycles. The van der Waals surface area contributed by atoms with Crippen LogP contribution in [-0.4, -0.2) is 35.7 Å². The van der Waals surface area contributed by atoms with Crippen molar-refractivity contribution >= 4 is 27.4 Å². The second-order valence-corrected chi connectivity index (χ2v) is 9.66. The van der Waals surface area contributed by atoms with Gasteiger partial charge < -0.3 is 4.74 Å². The molecule has 29 heavy (non-hydrogen) atoms. The maximum absolute atomic E-state index is 12.3. The number of carbonyl (C=O) groups excluding carboxylic acids is 1. The lowest BCUT2D eigenvalue weighted by Gasteiger charge is -2.09. The number of sulfone groups is 1. The molecule has 0 radical (unpaired) electrons. The molecule has 1 aromatic heterocycles. The van der Waals surface area contributed by atoms with Gasteiger partial charge in [0.1, 0.15) is 6.61 Å². The number of ether oxygens (including phenoxy) is 1. The zero-order chi connectivity index (χ0) is 20.4. The van der Waals surface area contributed by atoms with Gasteiger partial charge in [0.25, 0.3) is 0 Å². The van der Waals surface area contributed by atoms with Crippen LogP contribution >= 0.6 is 11.6 Å². The molecule has 0 bridgehead atoms. The highest BCUT2D eigenvalue weighted by Gasteiger charge is 2.34. The SMILES string of the molecule is O=C(OCc1cn(-c2ccccc2)nc1-c1ccc(Cl)cc1)[C@@H]1CCS(=O)(=O)C1. The number of nitrogens with zero attached hydrogens (tertiary/aromatic N) is 2. The maximum atomic E-state index is 12.3. The number of halogens is 1. The van der Waals surface area contributed by atoms with Crippen LogP contribution in [0.2, 0.25) is 5.02 Å². The summed E-state index contributed by atoms with van der Waals surface area (Å²) in [7, 11) is -3.14. The molecule has 0 spiro atoms. The van der Waals surface area contributed by atoms with E-state index in [1.165, 1.54) is 0 Å². The number of benzene rings is 2. The first-order valence-corrected chi connectivity index (χ1v) is 11.4. The summed E-state index contributed by atoms with van der Waals surface area (Å²) in [6, 6.07) is 16.9. The number of para-hydroxylation sites is 1. The number of carbonyl (C=O) groups is 1. The second-order valence-electron chi connectivity index (χ2n) is 7.00. The number of hydrogen-bond donors (Lipinski definition) is 0. The summed E-state index contributed by atoms with van der Waals surface area (Å²) in [5.74, 6) is -1.18. The molecule has 0 N–H and O–H groups in total. The Bertz CT molecular complexity index is 1130. The van der Waals surface area contributed by atoms with Crippen LogP contribution in [0.3, 0.4) is 0 Å². The Morgan fingerprint density at radius 2 is 1.86 bits per heavy atom. The molecule has 3 aromatic rings. The van der Waals surface area contributed by atoms with E-state index in [2.05, 4.69) is 5.10 Å². The Hall–Kier alpha value is -2.64. The van der Waals surface area contributed by atoms with Crippen LogP contribution in [0.25, 0.3) is 16.9 Å². The molecule has 1 saturated heterocycles. The molecule has 0 unspecified atom stereocenters. The van der Waals surface area contributed by atoms with Crippen LogP contribution in [0, 0.1) is 5.92 Å². The van der Waals surface area contributed by atoms with Crippen molar-refractivity contribution in [2.75, 3.05) is 11.5 Å². The molecule has 1 fully saturated rings. The summed E-state index contributed by atoms with van der Waals surface area (Å²) in [5.41, 5.74) is 3.13. The van der Waals surface area contributed by atoms with Gasteiger partial charge in [0.15, 0.2) is 9.84 Å². The van der Waals surface area contributed by atoms with Gasteiger partial charge in [-0.05, 0) is 30.7 Å². The molecule has 0 saturated carbocycles. The fourth-order valence-corrected chi connectivity index (χ4v) is 5.18. The van der Waals surface area contributed by atoms with Crippen molar-refractivity contribution in [3.05, 3.63) is 71.4 Å². The Labute approximate surface area is 174 Å². The van der Waals surface area contributed by atoms with Crippen LogP contribution in [0.1, 0.15) is 12.0 Å². The van der Waals surface area contributed by atoms with Crippen LogP contribution < -0.4 is 0 Å². The van der Waals surface area contributed by atoms with E-state index in [4.69, 9.17) is 16.3 Å². The van der Waals surface area contributed by atoms with Crippen molar-refractivity contribution in [2.24, 2.45) is 5.92 Å². The van der Waals surface area contributed by atoms with Crippen molar-refractivity contribution in [3.8, 4) is 16.9 Å². The average molecular weight is 431 g/mol. The summed E-state index contributed by atoms with van der Waals surface area (Å²) < 4.78 is 30.4. The fraction of sp³-hybridized carbons (Fsp3) is 0.238. The smallest absolute Gasteiger partial charge is 0.310 e. The van der Waals surface area contributed by atoms with Gasteiger partial charge in [0.05, 0.1) is 28.8 Å². The van der Waals surface area contributed by atoms with Crippen molar-refractivity contribution in [3.63, 3.8) is 0 Å². The Kier molecular flexibility index (Phi) is 5.43. The molecule has 2 aromatic carbocycles. The minimum absolute atomic E-state index is 0.0141. The van der Waals surface area contributed by atoms with E-state index in [1.807, 2.05) is 48.7 Å². The molecule has 1 atom stereocenters. The van der Waals surface area contributed by atoms with Gasteiger partial charge in [-0.1, -0.05) is 41.9 Å². The zero-order valence-electron chi connectivity index (χ0n) is 15.5. The highest BCUT2D eigenvalue weighted by Crippen LogP contribution is 2.27. The molecule has 150 valence electrons. The number of hydrogen-bond acceptors (Lipinski definition) is 5. The minimum Gasteiger partial charge on any atom is -0.460 e. The van der Waals surface area contributed by atoms with Crippen LogP contribution in [0.4, 0.5) is 0 Å². The van der Waals surface area contributed by atoms with Gasteiger partial charge in [0.2, 0.25) is 0 Å². The Morgan fingerprint density at radius 3 is 2.52 bits per heavy atom. The van der Waals surface area contributed by atoms with E-state index < -0.39 is 21.7 Å². The number of aromatic nitrogens is 2. The third-order valence-corrected chi connectivity index (χ3v) is 6.88. The van der Waals surface area contributed by atoms with Gasteiger partial charge >= 0.3 is 5.97 Å². The first-order chi connectivity index (χ1) is 13.9. The van der Waals surface area contributed by atoms with E-state index in [-0.39, 0.29) is 18.1 Å². The second kappa shape index (κ2) is 8.00. The zero-order valence-corrected chi connectivity index (χ0v) is 17.1. The molecule has 8 heteroatoms. The molecule has 1 aliphatic heterocycles. The predicted molar refractivity (Wildman–Crippen MR) is 111 cm³/mol. The lowest BCUT2D eigenvalue weighted by molar-refractivity contribution is -0.148. The Morgan fingerprint density at radius 1 is 1.14 bits per heavy atom. The van der Waals surface area contributed by atoms with Gasteiger partial charge in [-0.3, -0.25) is 4.79 Å². The molecule has 6 nitrogen and oxygen atoms in total. The monoisotopic (exact) mass is 430 g/mol. The van der Waals surface area contributed by atoms with E-state index in [1.54, 1.807) is 16.8 Å². The van der Waals surface area contributed by atoms with Crippen LogP contribution in [0.15, 0.2) is 60.8 Å². The normalized spacial score (nSPS) is 17.9. The maximum Gasteiger partial charge on any atom is 0.310 e. The predicted octanol–water partition coefficient (Wildman–Crippen LogP) is 3.67. The first kappa shape index (κ1) is 19.7. The van der Waals surface area contributed by atoms with Crippen molar-refractivity contribution in [1.29, 1.82) is 0 Å². The van der Waals surface area contributed by atoms with Gasteiger partial charge in [-0.25, -0.2) is 13.1 Å². The highest BCUT2D eigenvalue weighted by molar-refractivity contribution is 7.91. The van der Waals surface area contributed by atoms with Gasteiger partial charge in [0, 0.05) is 22.3 Å². The highest BCUT2D eigenvalue weighted by atomic mass is 35.5. The summed E-state index contributed by atoms with van der Waals surface area (Å²) in [4.78, 5) is 12.3. The van der Waals surface area contributed by atoms with E-state index in [9.17, 15) is 13.2 Å². The van der Waals surface area contributed by atoms with Crippen LogP contribution in [-0.2, 0) is 26.0 Å². The van der Waals surface area contributed by atoms with Gasteiger partial charge in [-0.2, -0.15) is 5.10 Å². The third-order valence-electron chi connectivity index (χ3n) is 4.86. The van der Waals surface area contributed by atoms with Gasteiger partial charge in [-0.15, -0.1) is 0 Å². The summed E-state index contributed by atoms with van der Waals surface area (Å²) in [6.45, 7) is 0.0141. The van der Waals surface area contributed by atoms with Crippen molar-refractivity contribution in [1.82, 2.24) is 9.78 Å². The van der Waals surface area contributed by atoms with E-state index in [0.29, 0.717) is 17.1 Å². The molecular formula is C21H19ClN2O4S. The van der Waals surface area contributed by atoms with Crippen LogP contribution in [0.5, 0.6) is 0 Å². The lowest BCUT2D eigenvalue weighted by Crippen LogP contribution is -2.18. The number of esters is 1. The topological polar surface area (TPSA) is 78.3 Å². The largest absolute Gasteiger partial charge is 0.460 e. The first-order valence-electron chi connectivity index (χ1n) is 9.18. The number of rotatable bonds is 5. The Balaban J connectivity index is 1.60. The molecule has 1 aliphatic rings. The molecule has 0 amide bonds. The quantitative estimate of drug-likeness (QED) is 0.577. The fourth-order valence-electron chi connectivity index (χ4n) is 3.33. The summed E-state index contributed by atoms with van der Waals surface area (Å²) >= 11 is 5.99. The summed E-state index contributed by atoms with van der Waals surface area (Å²) in [5, 5.41) is 5.28. The van der Waals surface area contributed by atoms with Crippen molar-refractivity contribution in [2.45, 2.75) is 13.0 Å². The average Bonchev–Trinajstić information content (AvgIpc) is 3.31. The third kappa shape index (κ3) is 4.52. The van der Waals surface area contributed by atoms with Crippen molar-refractivity contribution < 1.29 is 17.9 Å². The lowest BCUT2D eigenvalue weighted by atomic mass is 10.1.